The number of hydrogen-bond donors (Lipinski definition) is 2. The van der Waals surface area contributed by atoms with Crippen LogP contribution in [0.4, 0.5) is 5.69 Å². The summed E-state index contributed by atoms with van der Waals surface area (Å²) in [6, 6.07) is 6.04. The Hall–Kier alpha value is -2.83. The molecule has 0 aliphatic heterocycles. The fourth-order valence-corrected chi connectivity index (χ4v) is 3.54. The Morgan fingerprint density at radius 1 is 1.00 bits per heavy atom. The van der Waals surface area contributed by atoms with E-state index in [0.29, 0.717) is 16.7 Å². The van der Waals surface area contributed by atoms with Crippen LogP contribution in [0, 0.1) is 5.92 Å². The second-order valence-corrected chi connectivity index (χ2v) is 7.58. The van der Waals surface area contributed by atoms with Gasteiger partial charge in [0, 0.05) is 6.92 Å². The van der Waals surface area contributed by atoms with Crippen molar-refractivity contribution in [1.82, 2.24) is 0 Å². The Balaban J connectivity index is 2.94. The monoisotopic (exact) mass is 419 g/mol. The van der Waals surface area contributed by atoms with Crippen LogP contribution in [0.15, 0.2) is 24.3 Å². The van der Waals surface area contributed by atoms with E-state index in [1.54, 1.807) is 13.8 Å². The van der Waals surface area contributed by atoms with E-state index in [-0.39, 0.29) is 22.7 Å². The molecular formula is C20H22NO7P. The van der Waals surface area contributed by atoms with Gasteiger partial charge in [0.1, 0.15) is 0 Å². The number of anilines is 1. The van der Waals surface area contributed by atoms with Crippen molar-refractivity contribution < 1.29 is 33.5 Å². The summed E-state index contributed by atoms with van der Waals surface area (Å²) in [5.41, 5.74) is 0.885. The van der Waals surface area contributed by atoms with Crippen molar-refractivity contribution in [3.63, 3.8) is 0 Å². The second-order valence-electron chi connectivity index (χ2n) is 6.71. The van der Waals surface area contributed by atoms with Crippen LogP contribution in [0.3, 0.4) is 0 Å². The molecular weight excluding hydrogens is 397 g/mol. The molecule has 0 saturated carbocycles. The molecule has 0 saturated heterocycles. The van der Waals surface area contributed by atoms with E-state index in [9.17, 15) is 24.1 Å². The third-order valence-electron chi connectivity index (χ3n) is 4.64. The first-order valence-corrected chi connectivity index (χ1v) is 9.54. The lowest BCUT2D eigenvalue weighted by molar-refractivity contribution is -0.114. The van der Waals surface area contributed by atoms with Gasteiger partial charge in [-0.05, 0) is 22.6 Å². The maximum Gasteiger partial charge on any atom is 0.340 e. The van der Waals surface area contributed by atoms with Crippen LogP contribution in [0.25, 0.3) is 11.1 Å². The predicted molar refractivity (Wildman–Crippen MR) is 106 cm³/mol. The van der Waals surface area contributed by atoms with Crippen molar-refractivity contribution in [2.75, 3.05) is 19.5 Å². The maximum atomic E-state index is 12.5. The second kappa shape index (κ2) is 8.68. The van der Waals surface area contributed by atoms with E-state index in [1.807, 2.05) is 0 Å². The predicted octanol–water partition coefficient (Wildman–Crippen LogP) is 3.42. The standard InChI is InChI=1S/C20H22NO7P/c1-10(2)20(25,29-26)12-6-8-13-14(9-7-12)16(19(24)28-5)17(21-11(3)22)15(13)18(23)27-4/h6-10,25H,1-5H3,(H,21,22). The SMILES string of the molecule is COC(=O)c1c2ccc(C(O)(P=O)C(C)C)ccc-2c(C(=O)OC)c1NC(C)=O. The van der Waals surface area contributed by atoms with E-state index in [0.717, 1.165) is 0 Å². The van der Waals surface area contributed by atoms with Gasteiger partial charge in [-0.15, -0.1) is 0 Å². The summed E-state index contributed by atoms with van der Waals surface area (Å²) in [5, 5.41) is 11.6. The topological polar surface area (TPSA) is 119 Å². The third-order valence-corrected chi connectivity index (χ3v) is 5.69. The van der Waals surface area contributed by atoms with E-state index >= 15 is 0 Å². The number of hydrogen-bond acceptors (Lipinski definition) is 7. The van der Waals surface area contributed by atoms with Crippen molar-refractivity contribution in [3.05, 3.63) is 41.0 Å². The van der Waals surface area contributed by atoms with Gasteiger partial charge in [0.05, 0.1) is 31.0 Å². The van der Waals surface area contributed by atoms with Crippen LogP contribution in [0.2, 0.25) is 0 Å². The molecule has 0 bridgehead atoms. The Morgan fingerprint density at radius 3 is 1.76 bits per heavy atom. The minimum absolute atomic E-state index is 0.0139. The normalized spacial score (nSPS) is 13.2. The van der Waals surface area contributed by atoms with Crippen molar-refractivity contribution in [3.8, 4) is 11.1 Å². The van der Waals surface area contributed by atoms with E-state index < -0.39 is 31.6 Å². The summed E-state index contributed by atoms with van der Waals surface area (Å²) in [4.78, 5) is 36.6. The lowest BCUT2D eigenvalue weighted by atomic mass is 9.99. The highest BCUT2D eigenvalue weighted by molar-refractivity contribution is 7.25. The number of aliphatic hydroxyl groups is 1. The van der Waals surface area contributed by atoms with Crippen LogP contribution < -0.4 is 5.32 Å². The van der Waals surface area contributed by atoms with Crippen molar-refractivity contribution >= 4 is 32.0 Å². The highest BCUT2D eigenvalue weighted by Gasteiger charge is 2.36. The highest BCUT2D eigenvalue weighted by Crippen LogP contribution is 2.44. The molecule has 1 amide bonds. The Morgan fingerprint density at radius 2 is 1.45 bits per heavy atom. The molecule has 0 aromatic rings. The molecule has 2 N–H and O–H groups in total. The molecule has 0 aromatic heterocycles. The van der Waals surface area contributed by atoms with Crippen LogP contribution in [-0.2, 0) is 24.2 Å². The minimum atomic E-state index is -1.66. The zero-order chi connectivity index (χ0) is 21.9. The lowest BCUT2D eigenvalue weighted by Gasteiger charge is -2.24. The summed E-state index contributed by atoms with van der Waals surface area (Å²) >= 11 is 0. The van der Waals surface area contributed by atoms with Crippen molar-refractivity contribution in [1.29, 1.82) is 0 Å². The van der Waals surface area contributed by atoms with Crippen LogP contribution in [0.5, 0.6) is 0 Å². The number of fused-ring (bicyclic) bond motifs is 1. The van der Waals surface area contributed by atoms with Crippen LogP contribution in [0.1, 0.15) is 47.1 Å². The Bertz CT molecular complexity index is 902. The Labute approximate surface area is 169 Å². The van der Waals surface area contributed by atoms with Gasteiger partial charge in [-0.3, -0.25) is 9.36 Å². The average Bonchev–Trinajstić information content (AvgIpc) is 2.82. The summed E-state index contributed by atoms with van der Waals surface area (Å²) in [6.45, 7) is 4.67. The molecule has 9 heteroatoms. The van der Waals surface area contributed by atoms with Crippen LogP contribution in [-0.4, -0.2) is 37.2 Å². The minimum Gasteiger partial charge on any atom is -0.465 e. The smallest absolute Gasteiger partial charge is 0.340 e. The summed E-state index contributed by atoms with van der Waals surface area (Å²) in [6.07, 6.45) is 0. The number of esters is 2. The first kappa shape index (κ1) is 22.5. The molecule has 1 unspecified atom stereocenters. The van der Waals surface area contributed by atoms with Gasteiger partial charge in [0.15, 0.2) is 13.8 Å². The molecule has 0 heterocycles. The summed E-state index contributed by atoms with van der Waals surface area (Å²) in [7, 11) is 1.87. The first-order chi connectivity index (χ1) is 13.6. The number of ether oxygens (including phenoxy) is 2. The van der Waals surface area contributed by atoms with Gasteiger partial charge in [-0.1, -0.05) is 38.1 Å². The maximum absolute atomic E-state index is 12.5. The zero-order valence-corrected chi connectivity index (χ0v) is 17.6. The quantitative estimate of drug-likeness (QED) is 0.544. The van der Waals surface area contributed by atoms with Gasteiger partial charge in [0.25, 0.3) is 0 Å². The van der Waals surface area contributed by atoms with Gasteiger partial charge in [0.2, 0.25) is 5.91 Å². The summed E-state index contributed by atoms with van der Waals surface area (Å²) < 4.78 is 21.3. The molecule has 154 valence electrons. The lowest BCUT2D eigenvalue weighted by Crippen LogP contribution is -2.24. The van der Waals surface area contributed by atoms with Gasteiger partial charge >= 0.3 is 11.9 Å². The van der Waals surface area contributed by atoms with Gasteiger partial charge in [-0.25, -0.2) is 9.59 Å². The first-order valence-electron chi connectivity index (χ1n) is 8.73. The molecule has 2 aliphatic carbocycles. The van der Waals surface area contributed by atoms with Crippen molar-refractivity contribution in [2.24, 2.45) is 5.92 Å². The molecule has 0 radical (unpaired) electrons. The van der Waals surface area contributed by atoms with Gasteiger partial charge < -0.3 is 19.9 Å². The summed E-state index contributed by atoms with van der Waals surface area (Å²) in [5.74, 6) is -2.39. The number of rotatable bonds is 6. The molecule has 0 fully saturated rings. The fourth-order valence-electron chi connectivity index (χ4n) is 3.08. The number of methoxy groups -OCH3 is 2. The molecule has 29 heavy (non-hydrogen) atoms. The molecule has 1 atom stereocenters. The average molecular weight is 419 g/mol. The molecule has 8 nitrogen and oxygen atoms in total. The van der Waals surface area contributed by atoms with E-state index in [1.165, 1.54) is 45.4 Å². The number of carbonyl (C=O) groups is 3. The van der Waals surface area contributed by atoms with Crippen molar-refractivity contribution in [2.45, 2.75) is 26.1 Å². The van der Waals surface area contributed by atoms with E-state index in [2.05, 4.69) is 5.32 Å². The van der Waals surface area contributed by atoms with Crippen LogP contribution >= 0.6 is 8.46 Å². The molecule has 0 spiro atoms. The fraction of sp³-hybridized carbons (Fsp3) is 0.350. The Kier molecular flexibility index (Phi) is 6.72. The highest BCUT2D eigenvalue weighted by atomic mass is 31.1. The molecule has 2 rings (SSSR count). The zero-order valence-electron chi connectivity index (χ0n) is 16.7. The number of carbonyl (C=O) groups excluding carboxylic acids is 3. The van der Waals surface area contributed by atoms with Gasteiger partial charge in [-0.2, -0.15) is 0 Å². The van der Waals surface area contributed by atoms with E-state index in [4.69, 9.17) is 9.47 Å². The molecule has 0 aromatic carbocycles. The largest absolute Gasteiger partial charge is 0.465 e. The third kappa shape index (κ3) is 3.99. The molecule has 2 aliphatic rings. The number of amides is 1. The number of nitrogens with one attached hydrogen (secondary N) is 1.